The Morgan fingerprint density at radius 2 is 1.48 bits per heavy atom. The Balaban J connectivity index is 1.19. The summed E-state index contributed by atoms with van der Waals surface area (Å²) >= 11 is 0. The van der Waals surface area contributed by atoms with Crippen molar-refractivity contribution in [2.75, 3.05) is 39.8 Å². The second-order valence-corrected chi connectivity index (χ2v) is 6.97. The number of ether oxygens (including phenoxy) is 4. The number of nitrogens with zero attached hydrogens (tertiary/aromatic N) is 1. The summed E-state index contributed by atoms with van der Waals surface area (Å²) in [6.07, 6.45) is 0. The number of amides is 1. The van der Waals surface area contributed by atoms with Crippen molar-refractivity contribution in [1.82, 2.24) is 4.90 Å². The molecule has 0 atom stereocenters. The van der Waals surface area contributed by atoms with E-state index in [1.807, 2.05) is 17.0 Å². The molecule has 1 fully saturated rings. The molecule has 27 heavy (non-hydrogen) atoms. The first-order valence-corrected chi connectivity index (χ1v) is 9.17. The highest BCUT2D eigenvalue weighted by atomic mass is 16.7. The Morgan fingerprint density at radius 3 is 2.22 bits per heavy atom. The summed E-state index contributed by atoms with van der Waals surface area (Å²) in [5.74, 6) is 3.03. The Bertz CT molecular complexity index is 877. The van der Waals surface area contributed by atoms with Crippen molar-refractivity contribution < 1.29 is 28.6 Å². The summed E-state index contributed by atoms with van der Waals surface area (Å²) < 4.78 is 21.5. The largest absolute Gasteiger partial charge is 0.454 e. The first-order chi connectivity index (χ1) is 13.3. The summed E-state index contributed by atoms with van der Waals surface area (Å²) in [7, 11) is 0. The third kappa shape index (κ3) is 3.14. The van der Waals surface area contributed by atoms with Gasteiger partial charge in [0.1, 0.15) is 6.54 Å². The van der Waals surface area contributed by atoms with Gasteiger partial charge in [0.15, 0.2) is 23.0 Å². The maximum Gasteiger partial charge on any atom is 0.254 e. The number of nitrogens with one attached hydrogen (secondary N) is 1. The smallest absolute Gasteiger partial charge is 0.254 e. The molecular weight excluding hydrogens is 348 g/mol. The van der Waals surface area contributed by atoms with E-state index in [-0.39, 0.29) is 12.7 Å². The van der Waals surface area contributed by atoms with E-state index in [2.05, 4.69) is 12.1 Å². The molecule has 0 spiro atoms. The summed E-state index contributed by atoms with van der Waals surface area (Å²) in [5, 5.41) is 0. The first-order valence-electron chi connectivity index (χ1n) is 9.17. The molecule has 140 valence electrons. The standard InChI is InChI=1S/C20H20N2O5/c23-20(15-2-4-17-19(10-15)27-13-25-17)22-7-5-21(6-8-22)11-14-1-3-16-18(9-14)26-12-24-16/h1-4,9-10H,5-8,11-13H2/p+1. The van der Waals surface area contributed by atoms with Crippen LogP contribution in [0.3, 0.4) is 0 Å². The minimum atomic E-state index is 0.0513. The third-order valence-corrected chi connectivity index (χ3v) is 5.27. The average molecular weight is 369 g/mol. The molecule has 7 nitrogen and oxygen atoms in total. The van der Waals surface area contributed by atoms with Crippen LogP contribution in [-0.2, 0) is 6.54 Å². The number of benzene rings is 2. The Kier molecular flexibility index (Phi) is 4.01. The fraction of sp³-hybridized carbons (Fsp3) is 0.350. The van der Waals surface area contributed by atoms with Crippen molar-refractivity contribution >= 4 is 5.91 Å². The van der Waals surface area contributed by atoms with Gasteiger partial charge in [-0.3, -0.25) is 4.79 Å². The Labute approximate surface area is 157 Å². The number of rotatable bonds is 3. The van der Waals surface area contributed by atoms with E-state index < -0.39 is 0 Å². The van der Waals surface area contributed by atoms with Gasteiger partial charge in [0.05, 0.1) is 26.2 Å². The predicted octanol–water partition coefficient (Wildman–Crippen LogP) is 0.685. The molecule has 0 aliphatic carbocycles. The van der Waals surface area contributed by atoms with Gasteiger partial charge in [-0.25, -0.2) is 0 Å². The molecule has 2 aromatic rings. The lowest BCUT2D eigenvalue weighted by Crippen LogP contribution is -3.13. The van der Waals surface area contributed by atoms with Crippen LogP contribution in [0.15, 0.2) is 36.4 Å². The molecular formula is C20H21N2O5+. The van der Waals surface area contributed by atoms with E-state index in [0.29, 0.717) is 23.9 Å². The van der Waals surface area contributed by atoms with E-state index in [1.54, 1.807) is 12.1 Å². The molecule has 1 N–H and O–H groups in total. The molecule has 5 rings (SSSR count). The number of hydrogen-bond acceptors (Lipinski definition) is 5. The van der Waals surface area contributed by atoms with Crippen molar-refractivity contribution in [1.29, 1.82) is 0 Å². The third-order valence-electron chi connectivity index (χ3n) is 5.27. The number of piperazine rings is 1. The van der Waals surface area contributed by atoms with Gasteiger partial charge in [0, 0.05) is 11.1 Å². The van der Waals surface area contributed by atoms with Crippen molar-refractivity contribution in [2.45, 2.75) is 6.54 Å². The molecule has 0 radical (unpaired) electrons. The lowest BCUT2D eigenvalue weighted by atomic mass is 10.1. The minimum Gasteiger partial charge on any atom is -0.454 e. The molecule has 2 aromatic carbocycles. The molecule has 0 bridgehead atoms. The summed E-state index contributed by atoms with van der Waals surface area (Å²) in [6, 6.07) is 11.5. The van der Waals surface area contributed by atoms with E-state index in [1.165, 1.54) is 10.5 Å². The molecule has 3 aliphatic rings. The minimum absolute atomic E-state index is 0.0513. The van der Waals surface area contributed by atoms with Crippen LogP contribution >= 0.6 is 0 Å². The van der Waals surface area contributed by atoms with Crippen molar-refractivity contribution in [3.8, 4) is 23.0 Å². The summed E-state index contributed by atoms with van der Waals surface area (Å²) in [6.45, 7) is 4.76. The van der Waals surface area contributed by atoms with Gasteiger partial charge < -0.3 is 28.7 Å². The molecule has 3 heterocycles. The SMILES string of the molecule is O=C(c1ccc2c(c1)OCO2)N1CC[NH+](Cc2ccc3c(c2)OCO3)CC1. The van der Waals surface area contributed by atoms with Gasteiger partial charge in [-0.1, -0.05) is 0 Å². The topological polar surface area (TPSA) is 61.7 Å². The van der Waals surface area contributed by atoms with Crippen LogP contribution in [0.2, 0.25) is 0 Å². The number of quaternary nitrogens is 1. The van der Waals surface area contributed by atoms with Gasteiger partial charge in [-0.2, -0.15) is 0 Å². The molecule has 7 heteroatoms. The van der Waals surface area contributed by atoms with Crippen LogP contribution in [0.25, 0.3) is 0 Å². The molecule has 0 aromatic heterocycles. The predicted molar refractivity (Wildman–Crippen MR) is 95.4 cm³/mol. The monoisotopic (exact) mass is 369 g/mol. The van der Waals surface area contributed by atoms with Crippen LogP contribution in [0.4, 0.5) is 0 Å². The molecule has 1 amide bonds. The lowest BCUT2D eigenvalue weighted by molar-refractivity contribution is -0.917. The molecule has 0 saturated carbocycles. The van der Waals surface area contributed by atoms with Gasteiger partial charge >= 0.3 is 0 Å². The zero-order valence-corrected chi connectivity index (χ0v) is 14.9. The second-order valence-electron chi connectivity index (χ2n) is 6.97. The summed E-state index contributed by atoms with van der Waals surface area (Å²) in [4.78, 5) is 16.2. The Hall–Kier alpha value is -2.93. The van der Waals surface area contributed by atoms with Crippen molar-refractivity contribution in [3.05, 3.63) is 47.5 Å². The van der Waals surface area contributed by atoms with E-state index >= 15 is 0 Å². The zero-order chi connectivity index (χ0) is 18.2. The fourth-order valence-electron chi connectivity index (χ4n) is 3.75. The lowest BCUT2D eigenvalue weighted by Gasteiger charge is -2.32. The first kappa shape index (κ1) is 16.3. The molecule has 0 unspecified atom stereocenters. The van der Waals surface area contributed by atoms with Crippen molar-refractivity contribution in [3.63, 3.8) is 0 Å². The van der Waals surface area contributed by atoms with Gasteiger partial charge in [0.2, 0.25) is 13.6 Å². The van der Waals surface area contributed by atoms with Gasteiger partial charge in [-0.05, 0) is 36.4 Å². The maximum absolute atomic E-state index is 12.8. The number of carbonyl (C=O) groups is 1. The normalized spacial score (nSPS) is 18.0. The zero-order valence-electron chi connectivity index (χ0n) is 14.9. The fourth-order valence-corrected chi connectivity index (χ4v) is 3.75. The highest BCUT2D eigenvalue weighted by Crippen LogP contribution is 2.33. The van der Waals surface area contributed by atoms with Crippen LogP contribution < -0.4 is 23.8 Å². The molecule has 3 aliphatic heterocycles. The van der Waals surface area contributed by atoms with E-state index in [0.717, 1.165) is 44.2 Å². The van der Waals surface area contributed by atoms with Gasteiger partial charge in [-0.15, -0.1) is 0 Å². The average Bonchev–Trinajstić information content (AvgIpc) is 3.36. The van der Waals surface area contributed by atoms with Crippen LogP contribution in [0.1, 0.15) is 15.9 Å². The number of carbonyl (C=O) groups excluding carboxylic acids is 1. The van der Waals surface area contributed by atoms with Crippen LogP contribution in [0, 0.1) is 0 Å². The van der Waals surface area contributed by atoms with Crippen LogP contribution in [0.5, 0.6) is 23.0 Å². The summed E-state index contributed by atoms with van der Waals surface area (Å²) in [5.41, 5.74) is 1.88. The number of hydrogen-bond donors (Lipinski definition) is 1. The van der Waals surface area contributed by atoms with E-state index in [4.69, 9.17) is 18.9 Å². The quantitative estimate of drug-likeness (QED) is 0.863. The highest BCUT2D eigenvalue weighted by Gasteiger charge is 2.26. The van der Waals surface area contributed by atoms with Crippen LogP contribution in [-0.4, -0.2) is 50.6 Å². The Morgan fingerprint density at radius 1 is 0.852 bits per heavy atom. The van der Waals surface area contributed by atoms with Crippen molar-refractivity contribution in [2.24, 2.45) is 0 Å². The maximum atomic E-state index is 12.8. The second kappa shape index (κ2) is 6.66. The molecule has 1 saturated heterocycles. The van der Waals surface area contributed by atoms with Gasteiger partial charge in [0.25, 0.3) is 5.91 Å². The highest BCUT2D eigenvalue weighted by molar-refractivity contribution is 5.95. The number of fused-ring (bicyclic) bond motifs is 2. The van der Waals surface area contributed by atoms with E-state index in [9.17, 15) is 4.79 Å².